The highest BCUT2D eigenvalue weighted by molar-refractivity contribution is 6.34. The zero-order chi connectivity index (χ0) is 47.1. The van der Waals surface area contributed by atoms with Crippen LogP contribution < -0.4 is 16.0 Å². The van der Waals surface area contributed by atoms with Crippen LogP contribution in [0.25, 0.3) is 0 Å². The molecule has 346 valence electrons. The summed E-state index contributed by atoms with van der Waals surface area (Å²) in [5.74, 6) is -6.04. The molecular formula is C41H58Cl2F4N7O8+. The topological polar surface area (TPSA) is 194 Å². The fourth-order valence-electron chi connectivity index (χ4n) is 7.18. The van der Waals surface area contributed by atoms with E-state index in [0.717, 1.165) is 11.1 Å². The van der Waals surface area contributed by atoms with Gasteiger partial charge in [-0.3, -0.25) is 24.0 Å². The van der Waals surface area contributed by atoms with Crippen LogP contribution in [0.3, 0.4) is 0 Å². The van der Waals surface area contributed by atoms with Crippen LogP contribution >= 0.6 is 23.2 Å². The van der Waals surface area contributed by atoms with Crippen LogP contribution in [0.4, 0.5) is 17.6 Å². The van der Waals surface area contributed by atoms with Crippen molar-refractivity contribution in [2.24, 2.45) is 5.92 Å². The lowest BCUT2D eigenvalue weighted by atomic mass is 9.99. The van der Waals surface area contributed by atoms with Crippen molar-refractivity contribution < 1.29 is 60.7 Å². The number of likely N-dealkylation sites (N-methyl/N-ethyl adjacent to an activating group) is 2. The highest BCUT2D eigenvalue weighted by Crippen LogP contribution is 2.34. The molecule has 1 saturated heterocycles. The Kier molecular flexibility index (Phi) is 17.9. The van der Waals surface area contributed by atoms with E-state index in [2.05, 4.69) is 16.0 Å². The summed E-state index contributed by atoms with van der Waals surface area (Å²) in [5.41, 5.74) is -4.98. The van der Waals surface area contributed by atoms with Crippen molar-refractivity contribution in [1.29, 1.82) is 0 Å². The van der Waals surface area contributed by atoms with Crippen LogP contribution in [0.5, 0.6) is 0 Å². The van der Waals surface area contributed by atoms with Crippen molar-refractivity contribution in [3.63, 3.8) is 0 Å². The third kappa shape index (κ3) is 12.4. The van der Waals surface area contributed by atoms with E-state index in [0.29, 0.717) is 25.2 Å². The summed E-state index contributed by atoms with van der Waals surface area (Å²) < 4.78 is 57.0. The van der Waals surface area contributed by atoms with Gasteiger partial charge in [-0.1, -0.05) is 44.0 Å². The molecule has 0 bridgehead atoms. The summed E-state index contributed by atoms with van der Waals surface area (Å²) in [6.07, 6.45) is -6.45. The van der Waals surface area contributed by atoms with E-state index in [-0.39, 0.29) is 70.2 Å². The number of hydrogen-bond acceptors (Lipinski definition) is 8. The first kappa shape index (κ1) is 52.0. The van der Waals surface area contributed by atoms with Crippen molar-refractivity contribution in [3.8, 4) is 0 Å². The van der Waals surface area contributed by atoms with Crippen LogP contribution in [0.2, 0.25) is 10.0 Å². The molecule has 0 unspecified atom stereocenters. The number of hydrogen-bond donors (Lipinski definition) is 4. The molecule has 2 aliphatic heterocycles. The second-order valence-corrected chi connectivity index (χ2v) is 17.6. The largest absolute Gasteiger partial charge is 0.623 e. The molecule has 21 heteroatoms. The van der Waals surface area contributed by atoms with Gasteiger partial charge in [-0.05, 0) is 75.6 Å². The molecular weight excluding hydrogens is 865 g/mol. The molecule has 0 radical (unpaired) electrons. The normalized spacial score (nSPS) is 24.4. The molecule has 4 N–H and O–H groups in total. The van der Waals surface area contributed by atoms with Gasteiger partial charge in [0.25, 0.3) is 17.5 Å². The van der Waals surface area contributed by atoms with E-state index in [4.69, 9.17) is 23.2 Å². The van der Waals surface area contributed by atoms with Crippen molar-refractivity contribution >= 4 is 70.6 Å². The third-order valence-electron chi connectivity index (χ3n) is 11.1. The number of nitrogens with one attached hydrogen (secondary N) is 3. The predicted molar refractivity (Wildman–Crippen MR) is 223 cm³/mol. The Morgan fingerprint density at radius 1 is 1.13 bits per heavy atom. The van der Waals surface area contributed by atoms with Gasteiger partial charge in [0, 0.05) is 43.9 Å². The van der Waals surface area contributed by atoms with Gasteiger partial charge in [0.05, 0.1) is 13.0 Å². The number of nitrogens with zero attached hydrogens (tertiary/aromatic N) is 4. The number of halogens is 6. The van der Waals surface area contributed by atoms with Crippen molar-refractivity contribution in [3.05, 3.63) is 39.0 Å². The summed E-state index contributed by atoms with van der Waals surface area (Å²) in [5, 5.41) is 32.3. The molecule has 1 fully saturated rings. The highest BCUT2D eigenvalue weighted by Gasteiger charge is 2.59. The maximum Gasteiger partial charge on any atom is 0.426 e. The minimum atomic E-state index is -5.44. The first-order valence-electron chi connectivity index (χ1n) is 20.5. The standard InChI is InChI=1S/C41H57Cl2F4N7O8/c1-9-29(49-34(56)32-20-26(44)21-53(32)38(60)40(7,61)41(45,46)47)35(57)51(8)31-13-11-12-16-48-37(59)39(5,6)54(62)22-27(19-24-18-25(42)14-15-28(24)43)52(10-2)36(58)30(17-23(3)4)50-33(31)55/h14-15,18,22-23,26,29-32,61H,9-13,16-17,19-21H2,1-8H3,(H2-,48,49,50,55,56,59)/p+1/b52-27?,54-22+/t26-,29+,30+,31+,32+,40-/m1/s1. The Hall–Kier alpha value is -4.36. The number of rotatable bonds is 11. The molecule has 1 aromatic rings. The molecule has 6 amide bonds. The average Bonchev–Trinajstić information content (AvgIpc) is 3.58. The van der Waals surface area contributed by atoms with E-state index in [9.17, 15) is 56.6 Å². The van der Waals surface area contributed by atoms with Gasteiger partial charge in [-0.2, -0.15) is 22.5 Å². The lowest BCUT2D eigenvalue weighted by molar-refractivity contribution is -0.519. The molecule has 0 saturated carbocycles. The van der Waals surface area contributed by atoms with Crippen molar-refractivity contribution in [1.82, 2.24) is 25.8 Å². The molecule has 62 heavy (non-hydrogen) atoms. The van der Waals surface area contributed by atoms with Crippen molar-refractivity contribution in [2.75, 3.05) is 26.7 Å². The number of alkyl halides is 4. The van der Waals surface area contributed by atoms with Gasteiger partial charge in [-0.15, -0.1) is 0 Å². The van der Waals surface area contributed by atoms with Gasteiger partial charge in [0.15, 0.2) is 6.04 Å². The number of benzene rings is 1. The van der Waals surface area contributed by atoms with Crippen LogP contribution in [0, 0.1) is 11.1 Å². The number of likely N-dealkylation sites (tertiary alicyclic amines) is 1. The van der Waals surface area contributed by atoms with E-state index in [1.54, 1.807) is 25.1 Å². The maximum atomic E-state index is 14.6. The Labute approximate surface area is 368 Å². The van der Waals surface area contributed by atoms with Crippen molar-refractivity contribution in [2.45, 2.75) is 141 Å². The minimum Gasteiger partial charge on any atom is -0.623 e. The number of carbonyl (C=O) groups excluding carboxylic acids is 6. The van der Waals surface area contributed by atoms with E-state index in [1.807, 2.05) is 13.8 Å². The van der Waals surface area contributed by atoms with Gasteiger partial charge in [0.1, 0.15) is 30.8 Å². The highest BCUT2D eigenvalue weighted by atomic mass is 35.5. The Balaban J connectivity index is 2.05. The molecule has 2 aliphatic rings. The SMILES string of the molecule is CC[C@H](NC(=O)[C@@H]1C[C@@H](F)CN1C(=O)[C@@](C)(O)C(F)(F)F)C(=O)N(C)[C@H]1CCCCNC(=O)C(C)(C)/[N+]([O-])=C\C(Cc2cc(Cl)ccc2Cl)=[N+](CC)C(=O)[C@H](CC(C)C)NC1=O. The number of amides is 6. The molecule has 1 aromatic carbocycles. The van der Waals surface area contributed by atoms with E-state index >= 15 is 0 Å². The molecule has 0 aliphatic carbocycles. The van der Waals surface area contributed by atoms with Gasteiger partial charge in [-0.25, -0.2) is 9.18 Å². The molecule has 0 spiro atoms. The summed E-state index contributed by atoms with van der Waals surface area (Å²) >= 11 is 12.8. The van der Waals surface area contributed by atoms with E-state index in [1.165, 1.54) is 32.4 Å². The fourth-order valence-corrected chi connectivity index (χ4v) is 7.56. The predicted octanol–water partition coefficient (Wildman–Crippen LogP) is 3.70. The van der Waals surface area contributed by atoms with Crippen LogP contribution in [-0.4, -0.2) is 146 Å². The second-order valence-electron chi connectivity index (χ2n) is 16.8. The van der Waals surface area contributed by atoms with E-state index < -0.39 is 96.1 Å². The first-order chi connectivity index (χ1) is 28.7. The molecule has 15 nitrogen and oxygen atoms in total. The molecule has 3 rings (SSSR count). The molecule has 2 heterocycles. The first-order valence-corrected chi connectivity index (χ1v) is 21.3. The quantitative estimate of drug-likeness (QED) is 0.147. The number of carbonyl (C=O) groups is 6. The summed E-state index contributed by atoms with van der Waals surface area (Å²) in [4.78, 5) is 84.2. The van der Waals surface area contributed by atoms with Crippen LogP contribution in [-0.2, 0) is 35.2 Å². The zero-order valence-electron chi connectivity index (χ0n) is 36.2. The number of hydroxylamine groups is 1. The second kappa shape index (κ2) is 21.3. The Morgan fingerprint density at radius 2 is 1.77 bits per heavy atom. The minimum absolute atomic E-state index is 0.00833. The smallest absolute Gasteiger partial charge is 0.426 e. The Bertz CT molecular complexity index is 1930. The third-order valence-corrected chi connectivity index (χ3v) is 11.7. The Morgan fingerprint density at radius 3 is 2.35 bits per heavy atom. The zero-order valence-corrected chi connectivity index (χ0v) is 37.7. The lowest BCUT2D eigenvalue weighted by Gasteiger charge is -2.34. The molecule has 6 atom stereocenters. The maximum absolute atomic E-state index is 14.6. The monoisotopic (exact) mass is 922 g/mol. The summed E-state index contributed by atoms with van der Waals surface area (Å²) in [7, 11) is 1.30. The number of aliphatic hydroxyl groups is 1. The van der Waals surface area contributed by atoms with Crippen LogP contribution in [0.1, 0.15) is 92.6 Å². The van der Waals surface area contributed by atoms with Crippen LogP contribution in [0.15, 0.2) is 18.2 Å². The van der Waals surface area contributed by atoms with Gasteiger partial charge in [0.2, 0.25) is 35.1 Å². The fraction of sp³-hybridized carbons (Fsp3) is 0.659. The van der Waals surface area contributed by atoms with Gasteiger partial charge < -0.3 is 36.1 Å². The summed E-state index contributed by atoms with van der Waals surface area (Å²) in [6.45, 7) is 9.04. The summed E-state index contributed by atoms with van der Waals surface area (Å²) in [6, 6.07) is -0.979. The lowest BCUT2D eigenvalue weighted by Crippen LogP contribution is -2.61. The van der Waals surface area contributed by atoms with Gasteiger partial charge >= 0.3 is 12.1 Å². The molecule has 0 aromatic heterocycles. The average molecular weight is 924 g/mol.